The molecule has 0 aliphatic carbocycles. The van der Waals surface area contributed by atoms with E-state index in [9.17, 15) is 14.4 Å². The van der Waals surface area contributed by atoms with E-state index in [4.69, 9.17) is 5.11 Å². The number of carboxylic acid groups (broad SMARTS) is 1. The molecule has 1 unspecified atom stereocenters. The number of nitrogens with zero attached hydrogens (tertiary/aromatic N) is 1. The van der Waals surface area contributed by atoms with E-state index >= 15 is 0 Å². The number of thiophene rings is 1. The first kappa shape index (κ1) is 14.3. The second kappa shape index (κ2) is 6.38. The predicted molar refractivity (Wildman–Crippen MR) is 72.6 cm³/mol. The molecule has 7 nitrogen and oxygen atoms in total. The van der Waals surface area contributed by atoms with Crippen LogP contribution in [-0.2, 0) is 16.0 Å². The topological polar surface area (TPSA) is 98.7 Å². The minimum atomic E-state index is -1.13. The van der Waals surface area contributed by atoms with Gasteiger partial charge in [0.15, 0.2) is 0 Å². The number of hydrogen-bond acceptors (Lipinski definition) is 4. The molecule has 0 aromatic carbocycles. The molecule has 0 spiro atoms. The molecule has 0 bridgehead atoms. The SMILES string of the molecule is O=C1CN(C(=O)NCCc2cccs2)C(C(=O)O)CN1. The van der Waals surface area contributed by atoms with Crippen LogP contribution in [0.4, 0.5) is 4.79 Å². The Morgan fingerprint density at radius 2 is 2.35 bits per heavy atom. The van der Waals surface area contributed by atoms with Gasteiger partial charge in [0.2, 0.25) is 5.91 Å². The van der Waals surface area contributed by atoms with E-state index < -0.39 is 18.0 Å². The highest BCUT2D eigenvalue weighted by atomic mass is 32.1. The number of urea groups is 1. The van der Waals surface area contributed by atoms with Crippen LogP contribution in [0.15, 0.2) is 17.5 Å². The molecule has 1 atom stereocenters. The average Bonchev–Trinajstić information content (AvgIpc) is 2.91. The highest BCUT2D eigenvalue weighted by molar-refractivity contribution is 7.09. The van der Waals surface area contributed by atoms with Gasteiger partial charge in [-0.3, -0.25) is 9.69 Å². The van der Waals surface area contributed by atoms with Gasteiger partial charge in [-0.2, -0.15) is 0 Å². The molecule has 3 N–H and O–H groups in total. The van der Waals surface area contributed by atoms with Gasteiger partial charge in [-0.15, -0.1) is 11.3 Å². The molecule has 3 amide bonds. The lowest BCUT2D eigenvalue weighted by molar-refractivity contribution is -0.144. The van der Waals surface area contributed by atoms with Crippen LogP contribution in [0.2, 0.25) is 0 Å². The quantitative estimate of drug-likeness (QED) is 0.722. The molecule has 2 heterocycles. The van der Waals surface area contributed by atoms with Crippen LogP contribution in [0.1, 0.15) is 4.88 Å². The molecule has 1 aromatic heterocycles. The van der Waals surface area contributed by atoms with Crippen molar-refractivity contribution in [2.24, 2.45) is 0 Å². The molecule has 1 saturated heterocycles. The van der Waals surface area contributed by atoms with Crippen LogP contribution in [0.25, 0.3) is 0 Å². The number of carbonyl (C=O) groups is 3. The smallest absolute Gasteiger partial charge is 0.328 e. The first-order valence-electron chi connectivity index (χ1n) is 6.14. The molecule has 0 saturated carbocycles. The lowest BCUT2D eigenvalue weighted by Crippen LogP contribution is -2.61. The van der Waals surface area contributed by atoms with Crippen LogP contribution in [0.5, 0.6) is 0 Å². The maximum atomic E-state index is 12.0. The van der Waals surface area contributed by atoms with Crippen molar-refractivity contribution in [3.05, 3.63) is 22.4 Å². The minimum absolute atomic E-state index is 0.0630. The summed E-state index contributed by atoms with van der Waals surface area (Å²) in [6.45, 7) is 0.109. The van der Waals surface area contributed by atoms with E-state index in [1.54, 1.807) is 11.3 Å². The number of hydrogen-bond donors (Lipinski definition) is 3. The summed E-state index contributed by atoms with van der Waals surface area (Å²) in [5.74, 6) is -1.48. The predicted octanol–water partition coefficient (Wildman–Crippen LogP) is -0.115. The van der Waals surface area contributed by atoms with Crippen molar-refractivity contribution in [1.82, 2.24) is 15.5 Å². The van der Waals surface area contributed by atoms with Crippen LogP contribution in [0.3, 0.4) is 0 Å². The standard InChI is InChI=1S/C12H15N3O4S/c16-10-7-15(9(6-14-10)11(17)18)12(19)13-4-3-8-2-1-5-20-8/h1-2,5,9H,3-4,6-7H2,(H,13,19)(H,14,16)(H,17,18). The van der Waals surface area contributed by atoms with Crippen LogP contribution in [-0.4, -0.2) is 53.6 Å². The van der Waals surface area contributed by atoms with E-state index in [0.717, 1.165) is 9.78 Å². The fourth-order valence-electron chi connectivity index (χ4n) is 1.92. The molecule has 2 rings (SSSR count). The van der Waals surface area contributed by atoms with Gasteiger partial charge in [0.05, 0.1) is 0 Å². The van der Waals surface area contributed by atoms with E-state index in [1.165, 1.54) is 0 Å². The van der Waals surface area contributed by atoms with Gasteiger partial charge in [0.25, 0.3) is 0 Å². The minimum Gasteiger partial charge on any atom is -0.480 e. The third-order valence-electron chi connectivity index (χ3n) is 2.96. The van der Waals surface area contributed by atoms with Crippen molar-refractivity contribution in [3.8, 4) is 0 Å². The number of rotatable bonds is 4. The number of aliphatic carboxylic acids is 1. The van der Waals surface area contributed by atoms with Gasteiger partial charge in [-0.25, -0.2) is 9.59 Å². The lowest BCUT2D eigenvalue weighted by Gasteiger charge is -2.32. The Morgan fingerprint density at radius 1 is 1.55 bits per heavy atom. The van der Waals surface area contributed by atoms with Crippen LogP contribution < -0.4 is 10.6 Å². The number of carbonyl (C=O) groups excluding carboxylic acids is 2. The highest BCUT2D eigenvalue weighted by Crippen LogP contribution is 2.09. The van der Waals surface area contributed by atoms with E-state index in [0.29, 0.717) is 13.0 Å². The largest absolute Gasteiger partial charge is 0.480 e. The van der Waals surface area contributed by atoms with Crippen molar-refractivity contribution in [1.29, 1.82) is 0 Å². The van der Waals surface area contributed by atoms with Crippen LogP contribution >= 0.6 is 11.3 Å². The number of amides is 3. The van der Waals surface area contributed by atoms with Gasteiger partial charge < -0.3 is 15.7 Å². The Labute approximate surface area is 119 Å². The summed E-state index contributed by atoms with van der Waals surface area (Å²) in [5, 5.41) is 16.1. The summed E-state index contributed by atoms with van der Waals surface area (Å²) in [5.41, 5.74) is 0. The highest BCUT2D eigenvalue weighted by Gasteiger charge is 2.34. The summed E-state index contributed by atoms with van der Waals surface area (Å²) in [7, 11) is 0. The monoisotopic (exact) mass is 297 g/mol. The fourth-order valence-corrected chi connectivity index (χ4v) is 2.63. The second-order valence-corrected chi connectivity index (χ2v) is 5.38. The van der Waals surface area contributed by atoms with Crippen LogP contribution in [0, 0.1) is 0 Å². The summed E-state index contributed by atoms with van der Waals surface area (Å²) < 4.78 is 0. The number of piperazine rings is 1. The van der Waals surface area contributed by atoms with Gasteiger partial charge >= 0.3 is 12.0 Å². The molecule has 108 valence electrons. The zero-order chi connectivity index (χ0) is 14.5. The first-order chi connectivity index (χ1) is 9.58. The number of carboxylic acids is 1. The molecule has 20 heavy (non-hydrogen) atoms. The summed E-state index contributed by atoms with van der Waals surface area (Å²) in [6.07, 6.45) is 0.682. The summed E-state index contributed by atoms with van der Waals surface area (Å²) >= 11 is 1.59. The third kappa shape index (κ3) is 3.47. The van der Waals surface area contributed by atoms with Gasteiger partial charge in [-0.05, 0) is 17.9 Å². The van der Waals surface area contributed by atoms with Crippen molar-refractivity contribution < 1.29 is 19.5 Å². The normalized spacial score (nSPS) is 18.5. The molecule has 1 aromatic rings. The average molecular weight is 297 g/mol. The molecule has 0 radical (unpaired) electrons. The van der Waals surface area contributed by atoms with E-state index in [2.05, 4.69) is 10.6 Å². The van der Waals surface area contributed by atoms with Crippen molar-refractivity contribution in [2.45, 2.75) is 12.5 Å². The maximum Gasteiger partial charge on any atom is 0.328 e. The van der Waals surface area contributed by atoms with Gasteiger partial charge in [0.1, 0.15) is 12.6 Å². The molecular formula is C12H15N3O4S. The van der Waals surface area contributed by atoms with Gasteiger partial charge in [-0.1, -0.05) is 6.07 Å². The second-order valence-electron chi connectivity index (χ2n) is 4.35. The molecular weight excluding hydrogens is 282 g/mol. The summed E-state index contributed by atoms with van der Waals surface area (Å²) in [6, 6.07) is 2.35. The molecule has 1 aliphatic rings. The third-order valence-corrected chi connectivity index (χ3v) is 3.89. The molecule has 8 heteroatoms. The summed E-state index contributed by atoms with van der Waals surface area (Å²) in [4.78, 5) is 36.5. The van der Waals surface area contributed by atoms with Crippen molar-refractivity contribution in [3.63, 3.8) is 0 Å². The number of nitrogens with one attached hydrogen (secondary N) is 2. The fraction of sp³-hybridized carbons (Fsp3) is 0.417. The first-order valence-corrected chi connectivity index (χ1v) is 7.02. The Bertz CT molecular complexity index is 503. The Kier molecular flexibility index (Phi) is 4.57. The van der Waals surface area contributed by atoms with E-state index in [1.807, 2.05) is 17.5 Å². The van der Waals surface area contributed by atoms with Crippen molar-refractivity contribution in [2.75, 3.05) is 19.6 Å². The maximum absolute atomic E-state index is 12.0. The zero-order valence-corrected chi connectivity index (χ0v) is 11.5. The Morgan fingerprint density at radius 3 is 3.00 bits per heavy atom. The lowest BCUT2D eigenvalue weighted by atomic mass is 10.2. The Balaban J connectivity index is 1.88. The zero-order valence-electron chi connectivity index (χ0n) is 10.7. The van der Waals surface area contributed by atoms with Crippen molar-refractivity contribution >= 4 is 29.2 Å². The Hall–Kier alpha value is -2.09. The molecule has 1 fully saturated rings. The van der Waals surface area contributed by atoms with Gasteiger partial charge in [0, 0.05) is 18.0 Å². The molecule has 1 aliphatic heterocycles. The van der Waals surface area contributed by atoms with E-state index in [-0.39, 0.29) is 19.0 Å².